The lowest BCUT2D eigenvalue weighted by Crippen LogP contribution is -2.35. The molecule has 1 aromatic heterocycles. The summed E-state index contributed by atoms with van der Waals surface area (Å²) in [4.78, 5) is 1.79. The van der Waals surface area contributed by atoms with E-state index in [-0.39, 0.29) is 12.3 Å². The van der Waals surface area contributed by atoms with Crippen molar-refractivity contribution in [1.82, 2.24) is 5.48 Å². The van der Waals surface area contributed by atoms with E-state index >= 15 is 0 Å². The topological polar surface area (TPSA) is 126 Å². The quantitative estimate of drug-likeness (QED) is 0.0611. The number of hydroxylamine groups is 1. The average Bonchev–Trinajstić information content (AvgIpc) is 3.56. The molecule has 0 radical (unpaired) electrons. The molecule has 0 bridgehead atoms. The summed E-state index contributed by atoms with van der Waals surface area (Å²) in [6, 6.07) is 20.1. The monoisotopic (exact) mass is 712 g/mol. The van der Waals surface area contributed by atoms with Gasteiger partial charge in [-0.25, -0.2) is 0 Å². The minimum atomic E-state index is -4.22. The predicted octanol–water partition coefficient (Wildman–Crippen LogP) is 6.55. The first-order valence-corrected chi connectivity index (χ1v) is 20.0. The number of rotatable bonds is 15. The SMILES string of the molecule is CCNOS(=O)(=O)CCCC[n+]1c(/C=C(/C=C2\Oc3ccc(-c4ccccc4)cc3N2CCS(=O)(=O)O)CC)sc2cc(C)c(C)cc21. The molecule has 2 N–H and O–H groups in total. The number of aromatic nitrogens is 1. The molecule has 2 heterocycles. The third kappa shape index (κ3) is 8.90. The van der Waals surface area contributed by atoms with Crippen LogP contribution >= 0.6 is 11.3 Å². The van der Waals surface area contributed by atoms with Gasteiger partial charge in [-0.2, -0.15) is 31.2 Å². The van der Waals surface area contributed by atoms with Gasteiger partial charge >= 0.3 is 0 Å². The lowest BCUT2D eigenvalue weighted by molar-refractivity contribution is -0.669. The first kappa shape index (κ1) is 35.7. The largest absolute Gasteiger partial charge is 0.439 e. The highest BCUT2D eigenvalue weighted by Crippen LogP contribution is 2.42. The van der Waals surface area contributed by atoms with Gasteiger partial charge in [0.15, 0.2) is 12.3 Å². The highest BCUT2D eigenvalue weighted by molar-refractivity contribution is 7.86. The lowest BCUT2D eigenvalue weighted by atomic mass is 10.0. The highest BCUT2D eigenvalue weighted by atomic mass is 32.2. The molecular weight excluding hydrogens is 671 g/mol. The van der Waals surface area contributed by atoms with Crippen LogP contribution in [0.2, 0.25) is 0 Å². The average molecular weight is 713 g/mol. The number of aryl methyl sites for hydroxylation is 3. The van der Waals surface area contributed by atoms with Gasteiger partial charge in [-0.15, -0.1) is 0 Å². The van der Waals surface area contributed by atoms with E-state index in [1.165, 1.54) is 11.1 Å². The molecule has 0 fully saturated rings. The number of ether oxygens (including phenoxy) is 1. The summed E-state index contributed by atoms with van der Waals surface area (Å²) < 4.78 is 72.1. The second-order valence-corrected chi connectivity index (χ2v) is 16.0. The van der Waals surface area contributed by atoms with Crippen molar-refractivity contribution in [2.75, 3.05) is 29.5 Å². The van der Waals surface area contributed by atoms with E-state index in [1.807, 2.05) is 61.5 Å². The molecule has 13 heteroatoms. The van der Waals surface area contributed by atoms with Crippen LogP contribution in [0.1, 0.15) is 49.2 Å². The van der Waals surface area contributed by atoms with E-state index < -0.39 is 26.0 Å². The van der Waals surface area contributed by atoms with E-state index in [0.717, 1.165) is 37.6 Å². The Morgan fingerprint density at radius 3 is 2.44 bits per heavy atom. The van der Waals surface area contributed by atoms with Crippen molar-refractivity contribution >= 4 is 53.6 Å². The molecule has 48 heavy (non-hydrogen) atoms. The number of nitrogens with zero attached hydrogens (tertiary/aromatic N) is 2. The van der Waals surface area contributed by atoms with E-state index in [2.05, 4.69) is 42.1 Å². The van der Waals surface area contributed by atoms with Crippen LogP contribution < -0.4 is 19.7 Å². The van der Waals surface area contributed by atoms with Crippen LogP contribution in [-0.2, 0) is 31.1 Å². The highest BCUT2D eigenvalue weighted by Gasteiger charge is 2.29. The Kier molecular flexibility index (Phi) is 11.4. The molecule has 1 aliphatic rings. The zero-order valence-electron chi connectivity index (χ0n) is 27.6. The number of unbranched alkanes of at least 4 members (excludes halogenated alkanes) is 1. The maximum absolute atomic E-state index is 12.2. The fraction of sp³-hybridized carbons (Fsp3) is 0.343. The summed E-state index contributed by atoms with van der Waals surface area (Å²) in [5.74, 6) is 0.527. The molecule has 0 spiro atoms. The van der Waals surface area contributed by atoms with Gasteiger partial charge in [0.25, 0.3) is 25.2 Å². The molecule has 3 aromatic carbocycles. The normalized spacial score (nSPS) is 14.6. The fourth-order valence-corrected chi connectivity index (χ4v) is 8.05. The number of benzene rings is 3. The third-order valence-electron chi connectivity index (χ3n) is 8.14. The lowest BCUT2D eigenvalue weighted by Gasteiger charge is -2.18. The summed E-state index contributed by atoms with van der Waals surface area (Å²) in [5, 5.41) is 1.00. The number of hydrogen-bond acceptors (Lipinski definition) is 9. The van der Waals surface area contributed by atoms with Gasteiger partial charge < -0.3 is 9.64 Å². The third-order valence-corrected chi connectivity index (χ3v) is 11.1. The van der Waals surface area contributed by atoms with Crippen molar-refractivity contribution in [2.24, 2.45) is 0 Å². The minimum absolute atomic E-state index is 0.00867. The Hall–Kier alpha value is -3.59. The first-order chi connectivity index (χ1) is 22.9. The summed E-state index contributed by atoms with van der Waals surface area (Å²) in [6.07, 6.45) is 5.76. The first-order valence-electron chi connectivity index (χ1n) is 16.0. The molecule has 0 amide bonds. The molecule has 10 nitrogen and oxygen atoms in total. The Balaban J connectivity index is 1.49. The standard InChI is InChI=1S/C35H41N3O7S3/c1-5-27(22-34-37(17-19-47(39,40)41)30-24-29(14-15-32(30)44-34)28-12-8-7-9-13-28)23-35-38(16-10-11-18-48(42,43)45-36-6-2)31-20-25(3)26(4)21-33(31)46-35/h7-9,12-15,20-24,36H,5-6,10-11,16-19H2,1-4H3/p+1. The second kappa shape index (κ2) is 15.3. The van der Waals surface area contributed by atoms with Crippen molar-refractivity contribution in [3.8, 4) is 16.9 Å². The molecule has 0 saturated carbocycles. The van der Waals surface area contributed by atoms with Gasteiger partial charge in [0.05, 0.1) is 17.2 Å². The molecule has 256 valence electrons. The molecule has 5 rings (SSSR count). The van der Waals surface area contributed by atoms with Gasteiger partial charge in [0.2, 0.25) is 11.4 Å². The van der Waals surface area contributed by atoms with Crippen LogP contribution in [0.4, 0.5) is 5.69 Å². The maximum Gasteiger partial charge on any atom is 0.283 e. The Morgan fingerprint density at radius 1 is 0.979 bits per heavy atom. The van der Waals surface area contributed by atoms with Crippen LogP contribution in [0.5, 0.6) is 5.75 Å². The van der Waals surface area contributed by atoms with Crippen molar-refractivity contribution in [3.05, 3.63) is 94.3 Å². The van der Waals surface area contributed by atoms with Gasteiger partial charge in [0.1, 0.15) is 4.70 Å². The summed E-state index contributed by atoms with van der Waals surface area (Å²) in [5.41, 5.74) is 9.51. The van der Waals surface area contributed by atoms with E-state index in [9.17, 15) is 21.4 Å². The Labute approximate surface area is 287 Å². The van der Waals surface area contributed by atoms with Gasteiger partial charge in [-0.3, -0.25) is 4.55 Å². The smallest absolute Gasteiger partial charge is 0.283 e. The molecule has 0 aliphatic carbocycles. The van der Waals surface area contributed by atoms with Crippen molar-refractivity contribution in [3.63, 3.8) is 0 Å². The van der Waals surface area contributed by atoms with Crippen molar-refractivity contribution in [2.45, 2.75) is 53.5 Å². The predicted molar refractivity (Wildman–Crippen MR) is 192 cm³/mol. The molecule has 0 saturated heterocycles. The molecule has 0 atom stereocenters. The number of nitrogens with one attached hydrogen (secondary N) is 1. The Morgan fingerprint density at radius 2 is 1.73 bits per heavy atom. The van der Waals surface area contributed by atoms with Crippen LogP contribution in [0, 0.1) is 13.8 Å². The summed E-state index contributed by atoms with van der Waals surface area (Å²) >= 11 is 1.66. The summed E-state index contributed by atoms with van der Waals surface area (Å²) in [7, 11) is -7.88. The van der Waals surface area contributed by atoms with Gasteiger partial charge in [0, 0.05) is 37.7 Å². The molecular formula is C35H42N3O7S3+. The number of fused-ring (bicyclic) bond motifs is 2. The summed E-state index contributed by atoms with van der Waals surface area (Å²) in [6.45, 7) is 9.00. The van der Waals surface area contributed by atoms with Crippen LogP contribution in [0.25, 0.3) is 27.4 Å². The number of thiazole rings is 1. The zero-order chi connectivity index (χ0) is 34.5. The van der Waals surface area contributed by atoms with Crippen LogP contribution in [0.15, 0.2) is 78.2 Å². The minimum Gasteiger partial charge on any atom is -0.439 e. The van der Waals surface area contributed by atoms with Crippen molar-refractivity contribution < 1.29 is 35.0 Å². The Bertz CT molecular complexity index is 2060. The number of allylic oxidation sites excluding steroid dienone is 2. The van der Waals surface area contributed by atoms with Gasteiger partial charge in [-0.1, -0.05) is 61.6 Å². The van der Waals surface area contributed by atoms with E-state index in [0.29, 0.717) is 44.0 Å². The van der Waals surface area contributed by atoms with Crippen molar-refractivity contribution in [1.29, 1.82) is 0 Å². The van der Waals surface area contributed by atoms with E-state index in [1.54, 1.807) is 23.2 Å². The molecule has 4 aromatic rings. The van der Waals surface area contributed by atoms with Crippen LogP contribution in [-0.4, -0.2) is 46.0 Å². The number of anilines is 1. The van der Waals surface area contributed by atoms with Crippen LogP contribution in [0.3, 0.4) is 0 Å². The second-order valence-electron chi connectivity index (χ2n) is 11.7. The van der Waals surface area contributed by atoms with Gasteiger partial charge in [-0.05, 0) is 72.7 Å². The molecule has 1 aliphatic heterocycles. The number of hydrogen-bond donors (Lipinski definition) is 2. The fourth-order valence-electron chi connectivity index (χ4n) is 5.45. The molecule has 0 unspecified atom stereocenters. The van der Waals surface area contributed by atoms with E-state index in [4.69, 9.17) is 9.02 Å². The zero-order valence-corrected chi connectivity index (χ0v) is 30.1. The maximum atomic E-state index is 12.2.